The van der Waals surface area contributed by atoms with Gasteiger partial charge in [0.1, 0.15) is 0 Å². The number of ether oxygens (including phenoxy) is 1. The molecule has 136 valence electrons. The molecule has 0 spiro atoms. The van der Waals surface area contributed by atoms with Gasteiger partial charge < -0.3 is 15.8 Å². The normalized spacial score (nSPS) is 11.4. The van der Waals surface area contributed by atoms with Crippen LogP contribution in [0.15, 0.2) is 54.6 Å². The number of rotatable bonds is 9. The average molecular weight is 363 g/mol. The lowest BCUT2D eigenvalue weighted by Crippen LogP contribution is -2.19. The standard InChI is InChI=1S/C20H26N2O2.ClH/c1-16(21)10-11-20(23)22-19-9-5-8-18(14-19)15-24-13-12-17-6-3-2-4-7-17;/h2-9,14,16H,10-13,15,21H2,1H3,(H,22,23);1H. The molecule has 1 atom stereocenters. The molecule has 0 bridgehead atoms. The Morgan fingerprint density at radius 3 is 2.56 bits per heavy atom. The number of nitrogens with one attached hydrogen (secondary N) is 1. The number of nitrogens with two attached hydrogens (primary N) is 1. The molecule has 0 aromatic heterocycles. The Balaban J connectivity index is 0.00000312. The van der Waals surface area contributed by atoms with E-state index in [0.29, 0.717) is 26.1 Å². The van der Waals surface area contributed by atoms with Crippen molar-refractivity contribution in [1.29, 1.82) is 0 Å². The third-order valence-electron chi connectivity index (χ3n) is 3.68. The molecule has 0 fully saturated rings. The number of hydrogen-bond donors (Lipinski definition) is 2. The maximum atomic E-state index is 11.8. The van der Waals surface area contributed by atoms with Gasteiger partial charge in [-0.1, -0.05) is 42.5 Å². The summed E-state index contributed by atoms with van der Waals surface area (Å²) < 4.78 is 5.73. The van der Waals surface area contributed by atoms with Crippen LogP contribution in [0.4, 0.5) is 5.69 Å². The lowest BCUT2D eigenvalue weighted by Gasteiger charge is -2.09. The fourth-order valence-corrected chi connectivity index (χ4v) is 2.35. The number of anilines is 1. The fraction of sp³-hybridized carbons (Fsp3) is 0.350. The van der Waals surface area contributed by atoms with Crippen LogP contribution in [0.25, 0.3) is 0 Å². The highest BCUT2D eigenvalue weighted by Gasteiger charge is 2.05. The van der Waals surface area contributed by atoms with E-state index in [1.165, 1.54) is 5.56 Å². The molecule has 2 aromatic rings. The molecular weight excluding hydrogens is 336 g/mol. The van der Waals surface area contributed by atoms with E-state index in [0.717, 1.165) is 17.7 Å². The van der Waals surface area contributed by atoms with E-state index in [2.05, 4.69) is 17.4 Å². The smallest absolute Gasteiger partial charge is 0.224 e. The van der Waals surface area contributed by atoms with Gasteiger partial charge in [-0.05, 0) is 43.0 Å². The van der Waals surface area contributed by atoms with Crippen molar-refractivity contribution >= 4 is 24.0 Å². The number of halogens is 1. The van der Waals surface area contributed by atoms with Crippen LogP contribution in [0.3, 0.4) is 0 Å². The Bertz CT molecular complexity index is 633. The van der Waals surface area contributed by atoms with Crippen LogP contribution in [-0.2, 0) is 22.6 Å². The molecule has 5 heteroatoms. The lowest BCUT2D eigenvalue weighted by atomic mass is 10.1. The summed E-state index contributed by atoms with van der Waals surface area (Å²) in [4.78, 5) is 11.8. The summed E-state index contributed by atoms with van der Waals surface area (Å²) >= 11 is 0. The van der Waals surface area contributed by atoms with Gasteiger partial charge in [0.15, 0.2) is 0 Å². The van der Waals surface area contributed by atoms with E-state index in [9.17, 15) is 4.79 Å². The molecule has 0 heterocycles. The van der Waals surface area contributed by atoms with Gasteiger partial charge in [-0.25, -0.2) is 0 Å². The van der Waals surface area contributed by atoms with Gasteiger partial charge >= 0.3 is 0 Å². The van der Waals surface area contributed by atoms with Gasteiger partial charge in [-0.2, -0.15) is 0 Å². The highest BCUT2D eigenvalue weighted by atomic mass is 35.5. The molecule has 0 aliphatic rings. The minimum Gasteiger partial charge on any atom is -0.376 e. The average Bonchev–Trinajstić information content (AvgIpc) is 2.58. The number of benzene rings is 2. The summed E-state index contributed by atoms with van der Waals surface area (Å²) in [5.41, 5.74) is 8.79. The first kappa shape index (κ1) is 21.2. The molecule has 1 amide bonds. The number of carbonyl (C=O) groups is 1. The van der Waals surface area contributed by atoms with Gasteiger partial charge in [0.05, 0.1) is 13.2 Å². The largest absolute Gasteiger partial charge is 0.376 e. The molecule has 0 saturated heterocycles. The Morgan fingerprint density at radius 1 is 1.12 bits per heavy atom. The maximum Gasteiger partial charge on any atom is 0.224 e. The molecule has 1 unspecified atom stereocenters. The second kappa shape index (κ2) is 11.6. The van der Waals surface area contributed by atoms with E-state index in [4.69, 9.17) is 10.5 Å². The van der Waals surface area contributed by atoms with Crippen LogP contribution >= 0.6 is 12.4 Å². The Hall–Kier alpha value is -1.88. The van der Waals surface area contributed by atoms with E-state index >= 15 is 0 Å². The summed E-state index contributed by atoms with van der Waals surface area (Å²) in [6.45, 7) is 3.12. The zero-order chi connectivity index (χ0) is 17.2. The first-order valence-corrected chi connectivity index (χ1v) is 8.39. The topological polar surface area (TPSA) is 64.4 Å². The van der Waals surface area contributed by atoms with Crippen molar-refractivity contribution < 1.29 is 9.53 Å². The minimum absolute atomic E-state index is 0. The van der Waals surface area contributed by atoms with E-state index in [-0.39, 0.29) is 24.4 Å². The van der Waals surface area contributed by atoms with E-state index < -0.39 is 0 Å². The number of carbonyl (C=O) groups excluding carboxylic acids is 1. The van der Waals surface area contributed by atoms with Crippen molar-refractivity contribution in [1.82, 2.24) is 0 Å². The first-order valence-electron chi connectivity index (χ1n) is 8.39. The molecule has 0 radical (unpaired) electrons. The van der Waals surface area contributed by atoms with Crippen LogP contribution in [0.1, 0.15) is 30.9 Å². The van der Waals surface area contributed by atoms with Crippen molar-refractivity contribution in [3.05, 3.63) is 65.7 Å². The number of hydrogen-bond acceptors (Lipinski definition) is 3. The third-order valence-corrected chi connectivity index (χ3v) is 3.68. The van der Waals surface area contributed by atoms with Gasteiger partial charge in [-0.15, -0.1) is 12.4 Å². The predicted molar refractivity (Wildman–Crippen MR) is 105 cm³/mol. The highest BCUT2D eigenvalue weighted by Crippen LogP contribution is 2.13. The first-order chi connectivity index (χ1) is 11.6. The third kappa shape index (κ3) is 8.68. The van der Waals surface area contributed by atoms with Crippen molar-refractivity contribution in [3.8, 4) is 0 Å². The summed E-state index contributed by atoms with van der Waals surface area (Å²) in [6.07, 6.45) is 2.03. The molecule has 25 heavy (non-hydrogen) atoms. The second-order valence-corrected chi connectivity index (χ2v) is 6.05. The molecule has 2 rings (SSSR count). The molecule has 0 aliphatic carbocycles. The van der Waals surface area contributed by atoms with Gasteiger partial charge in [0, 0.05) is 18.2 Å². The van der Waals surface area contributed by atoms with Gasteiger partial charge in [0.2, 0.25) is 5.91 Å². The molecule has 0 saturated carbocycles. The van der Waals surface area contributed by atoms with Crippen molar-refractivity contribution in [2.24, 2.45) is 5.73 Å². The Morgan fingerprint density at radius 2 is 1.84 bits per heavy atom. The van der Waals surface area contributed by atoms with Crippen LogP contribution in [0.2, 0.25) is 0 Å². The highest BCUT2D eigenvalue weighted by molar-refractivity contribution is 5.90. The van der Waals surface area contributed by atoms with Gasteiger partial charge in [0.25, 0.3) is 0 Å². The molecule has 0 aliphatic heterocycles. The molecule has 2 aromatic carbocycles. The quantitative estimate of drug-likeness (QED) is 0.664. The van der Waals surface area contributed by atoms with Crippen molar-refractivity contribution in [2.45, 2.75) is 38.8 Å². The maximum absolute atomic E-state index is 11.8. The Kier molecular flexibility index (Phi) is 9.85. The van der Waals surface area contributed by atoms with E-state index in [1.54, 1.807) is 0 Å². The fourth-order valence-electron chi connectivity index (χ4n) is 2.35. The second-order valence-electron chi connectivity index (χ2n) is 6.05. The van der Waals surface area contributed by atoms with Crippen LogP contribution in [0.5, 0.6) is 0 Å². The summed E-state index contributed by atoms with van der Waals surface area (Å²) in [6, 6.07) is 18.1. The summed E-state index contributed by atoms with van der Waals surface area (Å²) in [7, 11) is 0. The predicted octanol–water partition coefficient (Wildman–Crippen LogP) is 3.93. The lowest BCUT2D eigenvalue weighted by molar-refractivity contribution is -0.116. The monoisotopic (exact) mass is 362 g/mol. The van der Waals surface area contributed by atoms with Gasteiger partial charge in [-0.3, -0.25) is 4.79 Å². The van der Waals surface area contributed by atoms with Crippen LogP contribution in [0, 0.1) is 0 Å². The zero-order valence-electron chi connectivity index (χ0n) is 14.6. The van der Waals surface area contributed by atoms with Crippen LogP contribution in [-0.4, -0.2) is 18.6 Å². The molecular formula is C20H27ClN2O2. The molecule has 3 N–H and O–H groups in total. The van der Waals surface area contributed by atoms with E-state index in [1.807, 2.05) is 49.4 Å². The van der Waals surface area contributed by atoms with Crippen molar-refractivity contribution in [2.75, 3.05) is 11.9 Å². The van der Waals surface area contributed by atoms with Crippen molar-refractivity contribution in [3.63, 3.8) is 0 Å². The summed E-state index contributed by atoms with van der Waals surface area (Å²) in [5.74, 6) is -0.00514. The SMILES string of the molecule is CC(N)CCC(=O)Nc1cccc(COCCc2ccccc2)c1.Cl. The Labute approximate surface area is 156 Å². The van der Waals surface area contributed by atoms with Crippen LogP contribution < -0.4 is 11.1 Å². The zero-order valence-corrected chi connectivity index (χ0v) is 15.4. The minimum atomic E-state index is -0.00514. The number of amides is 1. The molecule has 4 nitrogen and oxygen atoms in total. The summed E-state index contributed by atoms with van der Waals surface area (Å²) in [5, 5.41) is 2.90.